The Morgan fingerprint density at radius 3 is 1.88 bits per heavy atom. The molecule has 24 heteroatoms. The first-order chi connectivity index (χ1) is 50.5. The van der Waals surface area contributed by atoms with Crippen LogP contribution in [0, 0.1) is 41.4 Å². The van der Waals surface area contributed by atoms with Crippen LogP contribution in [0.1, 0.15) is 197 Å². The molecule has 25 atom stereocenters. The number of hydrogen-bond donors (Lipinski definition) is 16. The number of esters is 1. The van der Waals surface area contributed by atoms with E-state index >= 15 is 0 Å². The number of thioether (sulfide) groups is 1. The quantitative estimate of drug-likeness (QED) is 0.0586. The summed E-state index contributed by atoms with van der Waals surface area (Å²) in [7, 11) is 1.42. The summed E-state index contributed by atoms with van der Waals surface area (Å²) in [4.78, 5) is 52.4. The highest BCUT2D eigenvalue weighted by molar-refractivity contribution is 8.03. The highest BCUT2D eigenvalue weighted by atomic mass is 32.2. The van der Waals surface area contributed by atoms with E-state index in [1.165, 1.54) is 25.3 Å². The van der Waals surface area contributed by atoms with Gasteiger partial charge in [-0.2, -0.15) is 0 Å². The Hall–Kier alpha value is -4.91. The molecule has 3 rings (SSSR count). The van der Waals surface area contributed by atoms with Crippen LogP contribution in [0.5, 0.6) is 0 Å². The van der Waals surface area contributed by atoms with E-state index in [4.69, 9.17) is 14.2 Å². The third kappa shape index (κ3) is 37.3. The number of ketones is 3. The smallest absolute Gasteiger partial charge is 0.311 e. The van der Waals surface area contributed by atoms with Gasteiger partial charge in [0, 0.05) is 74.5 Å². The number of cyclic esters (lactones) is 1. The zero-order valence-electron chi connectivity index (χ0n) is 64.7. The summed E-state index contributed by atoms with van der Waals surface area (Å²) >= 11 is 1.10. The van der Waals surface area contributed by atoms with Crippen molar-refractivity contribution in [3.63, 3.8) is 0 Å². The SMILES string of the molecule is CO[C@@H](CC[C@@H](C)/C=C/C=C/[C@H]1C[C@H](O)C[C@@H](O)CCCC[C@H](C)CC[C@@H](O)C[C@@H](O)C/C=C/C=C/C=C/[C@@H](O)CC(=O)C[C@@H](O)C/C=C/C=C/[C@@H](O)C[C@H](O)C[C@@H](O)CC[C@@H](C)[C@H](O)C[C@@H](O)[C@@H](C)[C@H](O)/C(C)=C/C=C\[C@H](C)[C@H](O)[C@H](C)[C@H]2O[C@](O)(CC(=O)O1)C[C@@H](O)[C@H]2C)C1=C(SC)C(=O)C=C(O)C1=O. The van der Waals surface area contributed by atoms with Gasteiger partial charge in [-0.15, -0.1) is 11.8 Å². The zero-order chi connectivity index (χ0) is 80.1. The predicted molar refractivity (Wildman–Crippen MR) is 413 cm³/mol. The molecule has 0 unspecified atom stereocenters. The minimum atomic E-state index is -2.25. The molecule has 1 saturated heterocycles. The fourth-order valence-corrected chi connectivity index (χ4v) is 14.4. The molecular formula is C83H132O23S. The standard InChI is InChI=1S/C83H132O23S/c1-51-24-19-21-32-63(88)44-68(93)46-69(33-22-20-25-52(2)35-39-75(104-9)77-80(102)72(96)48-73(97)82(77)107-10)105-76(99)50-83(103)49-74(98)57(7)81(106-83)58(8)79(101)55(5)27-23-26-54(4)78(100)56(6)71(95)47-70(94)53(3)36-38-65(90)45-67(92)43-62(87)31-18-14-17-30-61(86)42-66(91)41-60(85)29-16-13-11-12-15-28-59(84)40-64(89)37-34-51/h11-18,20,22-23,25-27,29,31,33,48,51-53,55-65,67-71,74-75,78-79,81,84-90,92-96,98,100-101,103H,19,21,24,28,30,32,34-47,49-50H2,1-10H3/b13-11+,15-12+,17-14+,25-20+,27-23-,29-16+,31-18+,33-22+,54-26+/t51-,52-,53+,55-,56+,57+,58-,59-,60+,61-,62+,63-,64+,65-,67-,68+,69-,70+,71+,74+,75-,78+,79-,81-,83-/m0/s1. The molecule has 608 valence electrons. The van der Waals surface area contributed by atoms with Crippen molar-refractivity contribution in [3.8, 4) is 0 Å². The molecular weight excluding hydrogens is 1400 g/mol. The van der Waals surface area contributed by atoms with Crippen LogP contribution in [0.4, 0.5) is 0 Å². The topological polar surface area (TPSA) is 420 Å². The summed E-state index contributed by atoms with van der Waals surface area (Å²) in [6.45, 7) is 14.2. The Morgan fingerprint density at radius 1 is 0.607 bits per heavy atom. The first-order valence-electron chi connectivity index (χ1n) is 38.5. The summed E-state index contributed by atoms with van der Waals surface area (Å²) in [6.07, 6.45) is 17.2. The van der Waals surface area contributed by atoms with Gasteiger partial charge in [-0.3, -0.25) is 19.2 Å². The maximum atomic E-state index is 14.0. The largest absolute Gasteiger partial charge is 0.504 e. The summed E-state index contributed by atoms with van der Waals surface area (Å²) in [5.41, 5.74) is 0.579. The zero-order valence-corrected chi connectivity index (χ0v) is 65.5. The van der Waals surface area contributed by atoms with E-state index in [1.54, 1.807) is 127 Å². The molecule has 1 fully saturated rings. The molecule has 0 aromatic heterocycles. The van der Waals surface area contributed by atoms with Crippen molar-refractivity contribution in [2.45, 2.75) is 306 Å². The van der Waals surface area contributed by atoms with Crippen LogP contribution in [-0.4, -0.2) is 228 Å². The van der Waals surface area contributed by atoms with Gasteiger partial charge < -0.3 is 95.9 Å². The molecule has 2 heterocycles. The number of aliphatic hydroxyl groups is 16. The fraction of sp³-hybridized carbons (Fsp3) is 0.687. The second-order valence-corrected chi connectivity index (χ2v) is 31.4. The second kappa shape index (κ2) is 50.9. The molecule has 0 saturated carbocycles. The second-order valence-electron chi connectivity index (χ2n) is 30.6. The first kappa shape index (κ1) is 96.3. The number of methoxy groups -OCH3 is 1. The Labute approximate surface area is 639 Å². The number of aliphatic hydroxyl groups excluding tert-OH is 15. The molecule has 0 aromatic carbocycles. The number of hydrogen-bond acceptors (Lipinski definition) is 24. The van der Waals surface area contributed by atoms with Gasteiger partial charge in [0.1, 0.15) is 11.9 Å². The third-order valence-electron chi connectivity index (χ3n) is 20.8. The molecule has 0 amide bonds. The minimum Gasteiger partial charge on any atom is -0.504 e. The van der Waals surface area contributed by atoms with Gasteiger partial charge in [0.05, 0.1) is 109 Å². The highest BCUT2D eigenvalue weighted by Gasteiger charge is 2.49. The maximum absolute atomic E-state index is 14.0. The lowest BCUT2D eigenvalue weighted by molar-refractivity contribution is -0.302. The minimum absolute atomic E-state index is 0.0386. The van der Waals surface area contributed by atoms with Gasteiger partial charge >= 0.3 is 5.97 Å². The lowest BCUT2D eigenvalue weighted by Crippen LogP contribution is -2.55. The van der Waals surface area contributed by atoms with Crippen molar-refractivity contribution in [3.05, 3.63) is 131 Å². The molecule has 0 aromatic rings. The van der Waals surface area contributed by atoms with Crippen LogP contribution in [0.15, 0.2) is 131 Å². The van der Waals surface area contributed by atoms with Crippen LogP contribution < -0.4 is 0 Å². The monoisotopic (exact) mass is 1530 g/mol. The molecule has 0 spiro atoms. The number of rotatable bonds is 9. The lowest BCUT2D eigenvalue weighted by atomic mass is 9.78. The van der Waals surface area contributed by atoms with Gasteiger partial charge in [0.2, 0.25) is 5.78 Å². The van der Waals surface area contributed by atoms with E-state index in [0.717, 1.165) is 30.7 Å². The predicted octanol–water partition coefficient (Wildman–Crippen LogP) is 8.28. The van der Waals surface area contributed by atoms with E-state index in [1.807, 2.05) is 13.0 Å². The summed E-state index contributed by atoms with van der Waals surface area (Å²) < 4.78 is 17.8. The number of fused-ring (bicyclic) bond motifs is 2. The van der Waals surface area contributed by atoms with Gasteiger partial charge in [-0.1, -0.05) is 165 Å². The van der Waals surface area contributed by atoms with Crippen LogP contribution in [-0.2, 0) is 33.4 Å². The van der Waals surface area contributed by atoms with Crippen molar-refractivity contribution in [1.82, 2.24) is 0 Å². The van der Waals surface area contributed by atoms with Crippen LogP contribution in [0.25, 0.3) is 0 Å². The van der Waals surface area contributed by atoms with Crippen LogP contribution in [0.3, 0.4) is 0 Å². The number of carbonyl (C=O) groups is 4. The van der Waals surface area contributed by atoms with Gasteiger partial charge in [0.25, 0.3) is 0 Å². The van der Waals surface area contributed by atoms with Crippen molar-refractivity contribution >= 4 is 35.1 Å². The number of allylic oxidation sites excluding steroid dienone is 14. The normalized spacial score (nSPS) is 38.8. The third-order valence-corrected chi connectivity index (χ3v) is 21.6. The first-order valence-corrected chi connectivity index (χ1v) is 39.7. The summed E-state index contributed by atoms with van der Waals surface area (Å²) in [6, 6.07) is 0. The molecule has 2 bridgehead atoms. The Balaban J connectivity index is 1.80. The van der Waals surface area contributed by atoms with Crippen molar-refractivity contribution in [1.29, 1.82) is 0 Å². The van der Waals surface area contributed by atoms with Gasteiger partial charge in [-0.25, -0.2) is 0 Å². The lowest BCUT2D eigenvalue weighted by Gasteiger charge is -2.46. The average molecular weight is 1530 g/mol. The van der Waals surface area contributed by atoms with Gasteiger partial charge in [-0.05, 0) is 126 Å². The van der Waals surface area contributed by atoms with E-state index < -0.39 is 163 Å². The number of carbonyl (C=O) groups excluding carboxylic acids is 4. The fourth-order valence-electron chi connectivity index (χ4n) is 13.7. The maximum Gasteiger partial charge on any atom is 0.311 e. The molecule has 1 aliphatic carbocycles. The van der Waals surface area contributed by atoms with Gasteiger partial charge in [0.15, 0.2) is 17.3 Å². The molecule has 107 heavy (non-hydrogen) atoms. The van der Waals surface area contributed by atoms with Crippen molar-refractivity contribution in [2.75, 3.05) is 13.4 Å². The average Bonchev–Trinajstić information content (AvgIpc) is 0.797. The Bertz CT molecular complexity index is 2990. The van der Waals surface area contributed by atoms with E-state index in [9.17, 15) is 101 Å². The van der Waals surface area contributed by atoms with Crippen molar-refractivity contribution in [2.24, 2.45) is 41.4 Å². The highest BCUT2D eigenvalue weighted by Crippen LogP contribution is 2.40. The number of ether oxygens (including phenoxy) is 3. The molecule has 3 aliphatic rings. The summed E-state index contributed by atoms with van der Waals surface area (Å²) in [5, 5.41) is 175. The number of Topliss-reactive ketones (excluding diaryl/α,β-unsaturated/α-hetero) is 2. The Kier molecular flexibility index (Phi) is 45.8. The van der Waals surface area contributed by atoms with Crippen LogP contribution in [0.2, 0.25) is 0 Å². The molecule has 0 radical (unpaired) electrons. The van der Waals surface area contributed by atoms with E-state index in [-0.39, 0.29) is 105 Å². The van der Waals surface area contributed by atoms with E-state index in [2.05, 4.69) is 6.92 Å². The molecule has 2 aliphatic heterocycles. The molecule has 16 N–H and O–H groups in total. The summed E-state index contributed by atoms with van der Waals surface area (Å²) in [5.74, 6) is -8.18. The molecule has 23 nitrogen and oxygen atoms in total. The Morgan fingerprint density at radius 2 is 1.21 bits per heavy atom. The van der Waals surface area contributed by atoms with E-state index in [0.29, 0.717) is 56.9 Å². The van der Waals surface area contributed by atoms with Crippen molar-refractivity contribution < 1.29 is 115 Å². The van der Waals surface area contributed by atoms with Crippen LogP contribution >= 0.6 is 11.8 Å².